The molecule has 2 saturated carbocycles. The normalized spacial score (nSPS) is 22.5. The van der Waals surface area contributed by atoms with Crippen LogP contribution < -0.4 is 10.6 Å². The standard InChI is InChI=1S/C10H17NO2.C10H21NO.C8H16/c1-8(10(3,4)6-12)5-9(2)11-7-13;1-10(2,3)11-8-4-6-9(12)7-5-8;1-3-7(2)8-5-4-6-8/h5,7,12H,1,6H2,2-4H3,(H,11,13);8-9,11-12H,4-7H2,1-3H3;7-8H,3-6H2,1-2H3/b9-5+;;. The Morgan fingerprint density at radius 1 is 1.09 bits per heavy atom. The molecule has 0 aromatic rings. The summed E-state index contributed by atoms with van der Waals surface area (Å²) in [6.07, 6.45) is 12.4. The van der Waals surface area contributed by atoms with Crippen molar-refractivity contribution in [1.82, 2.24) is 10.6 Å². The van der Waals surface area contributed by atoms with Crippen LogP contribution in [0, 0.1) is 17.3 Å². The van der Waals surface area contributed by atoms with Gasteiger partial charge in [0.05, 0.1) is 12.7 Å². The van der Waals surface area contributed by atoms with Gasteiger partial charge in [-0.1, -0.05) is 60.0 Å². The Labute approximate surface area is 204 Å². The minimum absolute atomic E-state index is 0.0384. The second kappa shape index (κ2) is 15.7. The summed E-state index contributed by atoms with van der Waals surface area (Å²) in [5, 5.41) is 24.4. The number of rotatable bonds is 8. The van der Waals surface area contributed by atoms with E-state index in [-0.39, 0.29) is 23.7 Å². The lowest BCUT2D eigenvalue weighted by Crippen LogP contribution is -2.45. The minimum Gasteiger partial charge on any atom is -0.395 e. The van der Waals surface area contributed by atoms with Crippen molar-refractivity contribution in [3.63, 3.8) is 0 Å². The zero-order chi connectivity index (χ0) is 25.7. The second-order valence-corrected chi connectivity index (χ2v) is 11.6. The topological polar surface area (TPSA) is 81.6 Å². The first-order valence-corrected chi connectivity index (χ1v) is 12.9. The van der Waals surface area contributed by atoms with Crippen molar-refractivity contribution < 1.29 is 15.0 Å². The van der Waals surface area contributed by atoms with Gasteiger partial charge in [0.15, 0.2) is 0 Å². The molecule has 2 rings (SSSR count). The Morgan fingerprint density at radius 3 is 1.97 bits per heavy atom. The average molecular weight is 467 g/mol. The van der Waals surface area contributed by atoms with E-state index in [1.54, 1.807) is 13.0 Å². The first-order valence-electron chi connectivity index (χ1n) is 12.9. The molecule has 0 aromatic carbocycles. The quantitative estimate of drug-likeness (QED) is 0.272. The van der Waals surface area contributed by atoms with Crippen LogP contribution in [0.4, 0.5) is 0 Å². The third kappa shape index (κ3) is 14.6. The number of hydrogen-bond donors (Lipinski definition) is 4. The molecule has 2 aliphatic carbocycles. The maximum atomic E-state index is 10.1. The van der Waals surface area contributed by atoms with Gasteiger partial charge in [0.2, 0.25) is 6.41 Å². The Morgan fingerprint density at radius 2 is 1.64 bits per heavy atom. The van der Waals surface area contributed by atoms with Crippen LogP contribution in [-0.2, 0) is 4.79 Å². The van der Waals surface area contributed by atoms with Crippen LogP contribution in [0.1, 0.15) is 107 Å². The van der Waals surface area contributed by atoms with E-state index in [2.05, 4.69) is 51.8 Å². The maximum Gasteiger partial charge on any atom is 0.211 e. The molecule has 0 saturated heterocycles. The van der Waals surface area contributed by atoms with E-state index in [1.165, 1.54) is 25.7 Å². The van der Waals surface area contributed by atoms with Crippen LogP contribution in [0.2, 0.25) is 0 Å². The fourth-order valence-corrected chi connectivity index (χ4v) is 3.87. The molecule has 0 heterocycles. The van der Waals surface area contributed by atoms with E-state index >= 15 is 0 Å². The summed E-state index contributed by atoms with van der Waals surface area (Å²) in [5.74, 6) is 2.10. The first-order chi connectivity index (χ1) is 15.3. The Hall–Kier alpha value is -1.17. The van der Waals surface area contributed by atoms with Crippen molar-refractivity contribution in [1.29, 1.82) is 0 Å². The fourth-order valence-electron chi connectivity index (χ4n) is 3.87. The summed E-state index contributed by atoms with van der Waals surface area (Å²) in [5.41, 5.74) is 1.39. The lowest BCUT2D eigenvalue weighted by molar-refractivity contribution is -0.108. The van der Waals surface area contributed by atoms with Crippen LogP contribution in [0.25, 0.3) is 0 Å². The third-order valence-corrected chi connectivity index (χ3v) is 6.87. The predicted octanol–water partition coefficient (Wildman–Crippen LogP) is 5.72. The van der Waals surface area contributed by atoms with Crippen LogP contribution in [0.5, 0.6) is 0 Å². The molecule has 194 valence electrons. The molecule has 0 radical (unpaired) electrons. The molecule has 4 N–H and O–H groups in total. The van der Waals surface area contributed by atoms with Crippen LogP contribution in [0.15, 0.2) is 23.9 Å². The van der Waals surface area contributed by atoms with Gasteiger partial charge in [-0.15, -0.1) is 0 Å². The Balaban J connectivity index is 0.000000477. The lowest BCUT2D eigenvalue weighted by Gasteiger charge is -2.32. The van der Waals surface area contributed by atoms with Crippen molar-refractivity contribution >= 4 is 6.41 Å². The molecule has 2 aliphatic rings. The van der Waals surface area contributed by atoms with Gasteiger partial charge in [0.1, 0.15) is 0 Å². The number of aliphatic hydroxyl groups is 2. The minimum atomic E-state index is -0.341. The van der Waals surface area contributed by atoms with E-state index in [4.69, 9.17) is 5.11 Å². The van der Waals surface area contributed by atoms with Gasteiger partial charge in [0.25, 0.3) is 0 Å². The van der Waals surface area contributed by atoms with Crippen molar-refractivity contribution in [3.05, 3.63) is 23.9 Å². The van der Waals surface area contributed by atoms with Crippen LogP contribution in [0.3, 0.4) is 0 Å². The second-order valence-electron chi connectivity index (χ2n) is 11.6. The van der Waals surface area contributed by atoms with E-state index in [0.717, 1.165) is 48.8 Å². The molecule has 33 heavy (non-hydrogen) atoms. The molecule has 0 aliphatic heterocycles. The van der Waals surface area contributed by atoms with Crippen molar-refractivity contribution in [2.75, 3.05) is 6.61 Å². The van der Waals surface area contributed by atoms with Gasteiger partial charge >= 0.3 is 0 Å². The van der Waals surface area contributed by atoms with E-state index < -0.39 is 0 Å². The molecule has 1 unspecified atom stereocenters. The van der Waals surface area contributed by atoms with Crippen molar-refractivity contribution in [3.8, 4) is 0 Å². The Bertz CT molecular complexity index is 578. The number of aliphatic hydroxyl groups excluding tert-OH is 2. The molecule has 0 spiro atoms. The molecular formula is C28H54N2O3. The van der Waals surface area contributed by atoms with Gasteiger partial charge < -0.3 is 20.8 Å². The first kappa shape index (κ1) is 31.8. The fraction of sp³-hybridized carbons (Fsp3) is 0.821. The van der Waals surface area contributed by atoms with Crippen LogP contribution >= 0.6 is 0 Å². The molecule has 1 amide bonds. The van der Waals surface area contributed by atoms with Crippen LogP contribution in [-0.4, -0.2) is 40.9 Å². The summed E-state index contributed by atoms with van der Waals surface area (Å²) >= 11 is 0. The molecule has 1 atom stereocenters. The monoisotopic (exact) mass is 466 g/mol. The summed E-state index contributed by atoms with van der Waals surface area (Å²) in [6, 6.07) is 0.619. The number of allylic oxidation sites excluding steroid dienone is 2. The number of amides is 1. The molecule has 5 nitrogen and oxygen atoms in total. The SMILES string of the molecule is C=C(/C=C(\C)NC=O)C(C)(C)CO.CC(C)(C)NC1CCC(O)CC1.CCC(C)C1CCC1. The van der Waals surface area contributed by atoms with Crippen molar-refractivity contribution in [2.45, 2.75) is 124 Å². The van der Waals surface area contributed by atoms with E-state index in [9.17, 15) is 9.90 Å². The van der Waals surface area contributed by atoms with Gasteiger partial charge in [-0.05, 0) is 76.9 Å². The smallest absolute Gasteiger partial charge is 0.211 e. The lowest BCUT2D eigenvalue weighted by atomic mass is 9.76. The largest absolute Gasteiger partial charge is 0.395 e. The zero-order valence-electron chi connectivity index (χ0n) is 22.8. The van der Waals surface area contributed by atoms with Gasteiger partial charge in [0, 0.05) is 22.7 Å². The van der Waals surface area contributed by atoms with E-state index in [0.29, 0.717) is 12.5 Å². The predicted molar refractivity (Wildman–Crippen MR) is 141 cm³/mol. The Kier molecular flexibility index (Phi) is 15.1. The highest BCUT2D eigenvalue weighted by molar-refractivity contribution is 5.50. The van der Waals surface area contributed by atoms with Gasteiger partial charge in [-0.25, -0.2) is 0 Å². The summed E-state index contributed by atoms with van der Waals surface area (Å²) in [6.45, 7) is 20.7. The summed E-state index contributed by atoms with van der Waals surface area (Å²) < 4.78 is 0. The van der Waals surface area contributed by atoms with Gasteiger partial charge in [-0.2, -0.15) is 0 Å². The summed E-state index contributed by atoms with van der Waals surface area (Å²) in [7, 11) is 0. The molecule has 5 heteroatoms. The number of carbonyl (C=O) groups is 1. The molecule has 2 fully saturated rings. The number of hydrogen-bond acceptors (Lipinski definition) is 4. The number of nitrogens with one attached hydrogen (secondary N) is 2. The third-order valence-electron chi connectivity index (χ3n) is 6.87. The molecule has 0 bridgehead atoms. The molecule has 0 aromatic heterocycles. The van der Waals surface area contributed by atoms with Gasteiger partial charge in [-0.3, -0.25) is 4.79 Å². The number of carbonyl (C=O) groups excluding carboxylic acids is 1. The highest BCUT2D eigenvalue weighted by atomic mass is 16.3. The average Bonchev–Trinajstić information content (AvgIpc) is 2.68. The molecular weight excluding hydrogens is 412 g/mol. The summed E-state index contributed by atoms with van der Waals surface area (Å²) in [4.78, 5) is 10.1. The zero-order valence-corrected chi connectivity index (χ0v) is 22.8. The van der Waals surface area contributed by atoms with E-state index in [1.807, 2.05) is 13.8 Å². The maximum absolute atomic E-state index is 10.1. The highest BCUT2D eigenvalue weighted by Gasteiger charge is 2.23. The highest BCUT2D eigenvalue weighted by Crippen LogP contribution is 2.34. The van der Waals surface area contributed by atoms with Crippen molar-refractivity contribution in [2.24, 2.45) is 17.3 Å².